The van der Waals surface area contributed by atoms with Gasteiger partial charge in [0.05, 0.1) is 13.1 Å². The summed E-state index contributed by atoms with van der Waals surface area (Å²) in [6.07, 6.45) is 3.44. The van der Waals surface area contributed by atoms with E-state index in [2.05, 4.69) is 26.2 Å². The second kappa shape index (κ2) is 10.6. The van der Waals surface area contributed by atoms with E-state index in [4.69, 9.17) is 9.47 Å². The number of ketones is 1. The number of benzene rings is 1. The van der Waals surface area contributed by atoms with Crippen molar-refractivity contribution in [3.8, 4) is 17.2 Å². The normalized spacial score (nSPS) is 21.0. The molecule has 1 amide bonds. The molecule has 194 valence electrons. The molecular formula is C28H38N4O4. The Bertz CT molecular complexity index is 1120. The molecule has 0 radical (unpaired) electrons. The lowest BCUT2D eigenvalue weighted by Gasteiger charge is -2.37. The molecule has 5 rings (SSSR count). The van der Waals surface area contributed by atoms with Crippen LogP contribution < -0.4 is 9.47 Å². The maximum Gasteiger partial charge on any atom is 0.236 e. The first-order valence-electron chi connectivity index (χ1n) is 13.3. The van der Waals surface area contributed by atoms with Gasteiger partial charge in [-0.3, -0.25) is 19.4 Å². The van der Waals surface area contributed by atoms with Crippen LogP contribution >= 0.6 is 0 Å². The topological polar surface area (TPSA) is 67.3 Å². The Morgan fingerprint density at radius 2 is 1.58 bits per heavy atom. The van der Waals surface area contributed by atoms with Crippen LogP contribution in [-0.4, -0.2) is 96.0 Å². The van der Waals surface area contributed by atoms with E-state index < -0.39 is 0 Å². The van der Waals surface area contributed by atoms with Crippen molar-refractivity contribution in [1.82, 2.24) is 19.3 Å². The number of piperidine rings is 1. The van der Waals surface area contributed by atoms with E-state index in [-0.39, 0.29) is 11.7 Å². The summed E-state index contributed by atoms with van der Waals surface area (Å²) in [6.45, 7) is 12.3. The SMILES string of the molecule is Cc1cc(C(=O)CN2CCN(CC(=O)N3CCCCC3C)CC2)c(C)n1-c1ccc2c(c1)OCCO2. The summed E-state index contributed by atoms with van der Waals surface area (Å²) in [5.41, 5.74) is 3.69. The van der Waals surface area contributed by atoms with Gasteiger partial charge in [0.15, 0.2) is 17.3 Å². The monoisotopic (exact) mass is 494 g/mol. The first-order chi connectivity index (χ1) is 17.4. The number of aryl methyl sites for hydroxylation is 1. The number of hydrogen-bond acceptors (Lipinski definition) is 6. The summed E-state index contributed by atoms with van der Waals surface area (Å²) >= 11 is 0. The van der Waals surface area contributed by atoms with Crippen molar-refractivity contribution in [1.29, 1.82) is 0 Å². The molecule has 0 bridgehead atoms. The molecule has 4 heterocycles. The highest BCUT2D eigenvalue weighted by Gasteiger charge is 2.27. The number of piperazine rings is 1. The van der Waals surface area contributed by atoms with Crippen molar-refractivity contribution in [2.24, 2.45) is 0 Å². The summed E-state index contributed by atoms with van der Waals surface area (Å²) in [5.74, 6) is 1.89. The van der Waals surface area contributed by atoms with E-state index >= 15 is 0 Å². The third-order valence-corrected chi connectivity index (χ3v) is 7.83. The number of fused-ring (bicyclic) bond motifs is 1. The summed E-state index contributed by atoms with van der Waals surface area (Å²) in [5, 5.41) is 0. The molecule has 1 aromatic heterocycles. The van der Waals surface area contributed by atoms with Crippen molar-refractivity contribution >= 4 is 11.7 Å². The van der Waals surface area contributed by atoms with Gasteiger partial charge in [-0.15, -0.1) is 0 Å². The van der Waals surface area contributed by atoms with Crippen LogP contribution in [0.1, 0.15) is 47.9 Å². The Morgan fingerprint density at radius 3 is 2.31 bits per heavy atom. The molecule has 8 nitrogen and oxygen atoms in total. The number of carbonyl (C=O) groups excluding carboxylic acids is 2. The largest absolute Gasteiger partial charge is 0.486 e. The molecule has 1 aromatic carbocycles. The van der Waals surface area contributed by atoms with Gasteiger partial charge in [0.2, 0.25) is 5.91 Å². The zero-order chi connectivity index (χ0) is 25.2. The van der Waals surface area contributed by atoms with Gasteiger partial charge in [0, 0.05) is 67.5 Å². The quantitative estimate of drug-likeness (QED) is 0.575. The lowest BCUT2D eigenvalue weighted by molar-refractivity contribution is -0.136. The number of likely N-dealkylation sites (tertiary alicyclic amines) is 1. The van der Waals surface area contributed by atoms with Crippen LogP contribution in [0.3, 0.4) is 0 Å². The van der Waals surface area contributed by atoms with E-state index in [0.29, 0.717) is 32.3 Å². The van der Waals surface area contributed by atoms with Gasteiger partial charge in [-0.1, -0.05) is 0 Å². The molecule has 1 unspecified atom stereocenters. The second-order valence-corrected chi connectivity index (χ2v) is 10.4. The van der Waals surface area contributed by atoms with Crippen molar-refractivity contribution in [3.05, 3.63) is 41.2 Å². The van der Waals surface area contributed by atoms with Gasteiger partial charge >= 0.3 is 0 Å². The highest BCUT2D eigenvalue weighted by atomic mass is 16.6. The molecule has 0 N–H and O–H groups in total. The van der Waals surface area contributed by atoms with Crippen molar-refractivity contribution in [2.75, 3.05) is 59.0 Å². The summed E-state index contributed by atoms with van der Waals surface area (Å²) in [7, 11) is 0. The van der Waals surface area contributed by atoms with Gasteiger partial charge in [-0.25, -0.2) is 0 Å². The Morgan fingerprint density at radius 1 is 0.889 bits per heavy atom. The highest BCUT2D eigenvalue weighted by Crippen LogP contribution is 2.33. The van der Waals surface area contributed by atoms with E-state index in [1.54, 1.807) is 0 Å². The predicted octanol–water partition coefficient (Wildman–Crippen LogP) is 3.07. The fraction of sp³-hybridized carbons (Fsp3) is 0.571. The minimum atomic E-state index is 0.138. The summed E-state index contributed by atoms with van der Waals surface area (Å²) in [4.78, 5) is 32.6. The number of aromatic nitrogens is 1. The van der Waals surface area contributed by atoms with Gasteiger partial charge in [0.1, 0.15) is 13.2 Å². The van der Waals surface area contributed by atoms with E-state index in [1.165, 1.54) is 6.42 Å². The molecular weight excluding hydrogens is 456 g/mol. The van der Waals surface area contributed by atoms with Gasteiger partial charge in [-0.2, -0.15) is 0 Å². The van der Waals surface area contributed by atoms with Crippen LogP contribution in [0.5, 0.6) is 11.5 Å². The third kappa shape index (κ3) is 5.15. The molecule has 1 atom stereocenters. The number of rotatable bonds is 6. The van der Waals surface area contributed by atoms with Gasteiger partial charge < -0.3 is 18.9 Å². The highest BCUT2D eigenvalue weighted by molar-refractivity contribution is 5.99. The van der Waals surface area contributed by atoms with Crippen LogP contribution in [0.4, 0.5) is 0 Å². The maximum atomic E-state index is 13.3. The lowest BCUT2D eigenvalue weighted by Crippen LogP contribution is -2.52. The summed E-state index contributed by atoms with van der Waals surface area (Å²) < 4.78 is 13.5. The van der Waals surface area contributed by atoms with Crippen molar-refractivity contribution in [2.45, 2.75) is 46.1 Å². The van der Waals surface area contributed by atoms with E-state index in [1.807, 2.05) is 38.1 Å². The standard InChI is InChI=1S/C28H38N4O4/c1-20-6-4-5-9-31(20)28(34)19-30-12-10-29(11-13-30)18-25(33)24-16-21(2)32(22(24)3)23-7-8-26-27(17-23)36-15-14-35-26/h7-8,16-17,20H,4-6,9-15,18-19H2,1-3H3. The van der Waals surface area contributed by atoms with Crippen LogP contribution in [-0.2, 0) is 4.79 Å². The number of nitrogens with zero attached hydrogens (tertiary/aromatic N) is 4. The Kier molecular flexibility index (Phi) is 7.34. The molecule has 0 saturated carbocycles. The average molecular weight is 495 g/mol. The molecule has 0 aliphatic carbocycles. The fourth-order valence-electron chi connectivity index (χ4n) is 5.76. The first kappa shape index (κ1) is 24.8. The maximum absolute atomic E-state index is 13.3. The fourth-order valence-corrected chi connectivity index (χ4v) is 5.76. The number of amides is 1. The molecule has 2 fully saturated rings. The Balaban J connectivity index is 1.18. The second-order valence-electron chi connectivity index (χ2n) is 10.4. The zero-order valence-electron chi connectivity index (χ0n) is 21.8. The van der Waals surface area contributed by atoms with Gasteiger partial charge in [-0.05, 0) is 58.2 Å². The van der Waals surface area contributed by atoms with Crippen LogP contribution in [0.15, 0.2) is 24.3 Å². The molecule has 3 aliphatic heterocycles. The minimum Gasteiger partial charge on any atom is -0.486 e. The molecule has 2 aromatic rings. The Labute approximate surface area is 213 Å². The first-order valence-corrected chi connectivity index (χ1v) is 13.3. The molecule has 8 heteroatoms. The van der Waals surface area contributed by atoms with E-state index in [0.717, 1.165) is 79.7 Å². The van der Waals surface area contributed by atoms with E-state index in [9.17, 15) is 9.59 Å². The number of ether oxygens (including phenoxy) is 2. The third-order valence-electron chi connectivity index (χ3n) is 7.83. The smallest absolute Gasteiger partial charge is 0.236 e. The molecule has 36 heavy (non-hydrogen) atoms. The number of carbonyl (C=O) groups is 2. The predicted molar refractivity (Wildman–Crippen MR) is 138 cm³/mol. The average Bonchev–Trinajstić information content (AvgIpc) is 3.18. The molecule has 0 spiro atoms. The van der Waals surface area contributed by atoms with Crippen molar-refractivity contribution < 1.29 is 19.1 Å². The molecule has 3 aliphatic rings. The van der Waals surface area contributed by atoms with Crippen LogP contribution in [0.2, 0.25) is 0 Å². The van der Waals surface area contributed by atoms with Gasteiger partial charge in [0.25, 0.3) is 0 Å². The number of hydrogen-bond donors (Lipinski definition) is 0. The van der Waals surface area contributed by atoms with Crippen molar-refractivity contribution in [3.63, 3.8) is 0 Å². The summed E-state index contributed by atoms with van der Waals surface area (Å²) in [6, 6.07) is 8.26. The van der Waals surface area contributed by atoms with Crippen LogP contribution in [0.25, 0.3) is 5.69 Å². The minimum absolute atomic E-state index is 0.138. The Hall–Kier alpha value is -2.84. The number of Topliss-reactive ketones (excluding diaryl/α,β-unsaturated/α-hetero) is 1. The zero-order valence-corrected chi connectivity index (χ0v) is 21.8. The van der Waals surface area contributed by atoms with Crippen LogP contribution in [0, 0.1) is 13.8 Å². The molecule has 2 saturated heterocycles. The lowest BCUT2D eigenvalue weighted by atomic mass is 10.0.